The van der Waals surface area contributed by atoms with Gasteiger partial charge in [0.1, 0.15) is 5.69 Å². The van der Waals surface area contributed by atoms with Gasteiger partial charge in [-0.05, 0) is 69.4 Å². The van der Waals surface area contributed by atoms with Gasteiger partial charge in [0.15, 0.2) is 11.6 Å². The first kappa shape index (κ1) is 22.4. The molecule has 0 radical (unpaired) electrons. The van der Waals surface area contributed by atoms with Gasteiger partial charge >= 0.3 is 0 Å². The number of hydrogen-bond acceptors (Lipinski definition) is 4. The third-order valence-corrected chi connectivity index (χ3v) is 7.76. The van der Waals surface area contributed by atoms with Crippen LogP contribution in [-0.2, 0) is 19.4 Å². The molecule has 3 aliphatic rings. The van der Waals surface area contributed by atoms with Gasteiger partial charge < -0.3 is 14.9 Å². The van der Waals surface area contributed by atoms with Crippen molar-refractivity contribution in [2.75, 3.05) is 31.1 Å². The minimum absolute atomic E-state index is 0.193. The van der Waals surface area contributed by atoms with Crippen LogP contribution in [0.15, 0.2) is 24.8 Å². The Balaban J connectivity index is 1.20. The van der Waals surface area contributed by atoms with Crippen LogP contribution in [0.25, 0.3) is 5.70 Å². The van der Waals surface area contributed by atoms with E-state index in [1.54, 1.807) is 12.1 Å². The van der Waals surface area contributed by atoms with E-state index in [9.17, 15) is 13.9 Å². The molecule has 7 heteroatoms. The number of aliphatic hydroxyl groups excluding tert-OH is 1. The maximum atomic E-state index is 14.1. The number of likely N-dealkylation sites (tertiary alicyclic amines) is 1. The molecule has 1 N–H and O–H groups in total. The van der Waals surface area contributed by atoms with Gasteiger partial charge in [-0.1, -0.05) is 12.6 Å². The number of fused-ring (bicyclic) bond motifs is 1. The van der Waals surface area contributed by atoms with Crippen molar-refractivity contribution in [2.24, 2.45) is 5.92 Å². The molecule has 0 amide bonds. The maximum Gasteiger partial charge on any atom is 0.182 e. The molecule has 3 heterocycles. The first-order valence-corrected chi connectivity index (χ1v) is 12.4. The highest BCUT2D eigenvalue weighted by Gasteiger charge is 2.28. The molecule has 2 aromatic rings. The fourth-order valence-electron chi connectivity index (χ4n) is 5.72. The molecule has 1 aromatic carbocycles. The molecule has 1 aliphatic carbocycles. The second kappa shape index (κ2) is 9.45. The molecule has 5 rings (SSSR count). The number of rotatable bonds is 6. The van der Waals surface area contributed by atoms with E-state index in [1.807, 2.05) is 4.90 Å². The van der Waals surface area contributed by atoms with Crippen LogP contribution < -0.4 is 4.90 Å². The molecular formula is C26H34F2N4O. The van der Waals surface area contributed by atoms with Crippen molar-refractivity contribution in [3.8, 4) is 0 Å². The van der Waals surface area contributed by atoms with Crippen LogP contribution in [0.4, 0.5) is 14.5 Å². The molecule has 0 spiro atoms. The Morgan fingerprint density at radius 2 is 1.82 bits per heavy atom. The van der Waals surface area contributed by atoms with Gasteiger partial charge in [0.2, 0.25) is 0 Å². The smallest absolute Gasteiger partial charge is 0.182 e. The summed E-state index contributed by atoms with van der Waals surface area (Å²) in [6, 6.07) is 4.42. The van der Waals surface area contributed by atoms with Crippen molar-refractivity contribution in [1.82, 2.24) is 14.7 Å². The molecule has 2 aliphatic heterocycles. The van der Waals surface area contributed by atoms with Gasteiger partial charge in [-0.25, -0.2) is 8.78 Å². The van der Waals surface area contributed by atoms with Crippen LogP contribution in [0.5, 0.6) is 0 Å². The number of nitrogens with zero attached hydrogens (tertiary/aromatic N) is 4. The third kappa shape index (κ3) is 4.52. The van der Waals surface area contributed by atoms with E-state index in [-0.39, 0.29) is 6.10 Å². The molecule has 1 aromatic heterocycles. The monoisotopic (exact) mass is 456 g/mol. The van der Waals surface area contributed by atoms with Crippen molar-refractivity contribution >= 4 is 11.4 Å². The van der Waals surface area contributed by atoms with Crippen LogP contribution in [0.3, 0.4) is 0 Å². The highest BCUT2D eigenvalue weighted by molar-refractivity contribution is 5.63. The lowest BCUT2D eigenvalue weighted by Crippen LogP contribution is -2.35. The Morgan fingerprint density at radius 3 is 2.58 bits per heavy atom. The lowest BCUT2D eigenvalue weighted by molar-refractivity contribution is 0.106. The summed E-state index contributed by atoms with van der Waals surface area (Å²) in [5.41, 5.74) is 5.16. The number of hydrogen-bond donors (Lipinski definition) is 1. The molecule has 0 atom stereocenters. The average molecular weight is 457 g/mol. The SMILES string of the molecule is C=C(c1nn(CCC2CCN(c3cccc(F)c3F)CC2)c2c1CCC2)N1CCC(O)CC1. The van der Waals surface area contributed by atoms with E-state index in [2.05, 4.69) is 16.2 Å². The van der Waals surface area contributed by atoms with E-state index in [0.717, 1.165) is 89.1 Å². The quantitative estimate of drug-likeness (QED) is 0.701. The zero-order valence-corrected chi connectivity index (χ0v) is 19.3. The summed E-state index contributed by atoms with van der Waals surface area (Å²) in [4.78, 5) is 4.25. The minimum atomic E-state index is -0.778. The highest BCUT2D eigenvalue weighted by Crippen LogP contribution is 2.33. The molecule has 0 bridgehead atoms. The summed E-state index contributed by atoms with van der Waals surface area (Å²) in [6.45, 7) is 8.46. The van der Waals surface area contributed by atoms with Crippen LogP contribution in [-0.4, -0.2) is 52.1 Å². The molecule has 2 saturated heterocycles. The standard InChI is InChI=1S/C26H34F2N4O/c1-18(30-15-11-20(33)12-16-30)26-21-4-2-6-23(21)32(29-26)17-10-19-8-13-31(14-9-19)24-7-3-5-22(27)25(24)28/h3,5,7,19-20,33H,1-2,4,6,8-17H2. The van der Waals surface area contributed by atoms with E-state index < -0.39 is 11.6 Å². The lowest BCUT2D eigenvalue weighted by Gasteiger charge is -2.34. The predicted molar refractivity (Wildman–Crippen MR) is 126 cm³/mol. The summed E-state index contributed by atoms with van der Waals surface area (Å²) in [6.07, 6.45) is 7.72. The first-order valence-electron chi connectivity index (χ1n) is 12.4. The van der Waals surface area contributed by atoms with Crippen molar-refractivity contribution in [3.63, 3.8) is 0 Å². The summed E-state index contributed by atoms with van der Waals surface area (Å²) in [5.74, 6) is -0.950. The van der Waals surface area contributed by atoms with Gasteiger partial charge in [-0.3, -0.25) is 4.68 Å². The molecule has 0 saturated carbocycles. The summed E-state index contributed by atoms with van der Waals surface area (Å²) < 4.78 is 29.9. The Hall–Kier alpha value is -2.41. The fraction of sp³-hybridized carbons (Fsp3) is 0.577. The number of aliphatic hydroxyl groups is 1. The summed E-state index contributed by atoms with van der Waals surface area (Å²) >= 11 is 0. The fourth-order valence-corrected chi connectivity index (χ4v) is 5.72. The van der Waals surface area contributed by atoms with Gasteiger partial charge in [0.25, 0.3) is 0 Å². The first-order chi connectivity index (χ1) is 16.0. The summed E-state index contributed by atoms with van der Waals surface area (Å²) in [5, 5.41) is 14.8. The molecule has 0 unspecified atom stereocenters. The Kier molecular flexibility index (Phi) is 6.41. The van der Waals surface area contributed by atoms with Crippen LogP contribution >= 0.6 is 0 Å². The van der Waals surface area contributed by atoms with Crippen molar-refractivity contribution < 1.29 is 13.9 Å². The largest absolute Gasteiger partial charge is 0.393 e. The second-order valence-corrected chi connectivity index (χ2v) is 9.81. The normalized spacial score (nSPS) is 19.8. The van der Waals surface area contributed by atoms with Crippen molar-refractivity contribution in [3.05, 3.63) is 53.4 Å². The van der Waals surface area contributed by atoms with Gasteiger partial charge in [0.05, 0.1) is 17.5 Å². The van der Waals surface area contributed by atoms with E-state index in [1.165, 1.54) is 23.7 Å². The number of anilines is 1. The molecule has 33 heavy (non-hydrogen) atoms. The Morgan fingerprint density at radius 1 is 1.06 bits per heavy atom. The van der Waals surface area contributed by atoms with Crippen molar-refractivity contribution in [1.29, 1.82) is 0 Å². The maximum absolute atomic E-state index is 14.1. The number of piperidine rings is 2. The molecule has 5 nitrogen and oxygen atoms in total. The molecule has 2 fully saturated rings. The summed E-state index contributed by atoms with van der Waals surface area (Å²) in [7, 11) is 0. The van der Waals surface area contributed by atoms with Crippen LogP contribution in [0, 0.1) is 17.6 Å². The van der Waals surface area contributed by atoms with Crippen LogP contribution in [0.1, 0.15) is 55.5 Å². The van der Waals surface area contributed by atoms with Crippen LogP contribution in [0.2, 0.25) is 0 Å². The molecule has 178 valence electrons. The van der Waals surface area contributed by atoms with Gasteiger partial charge in [0, 0.05) is 44.0 Å². The Labute approximate surface area is 194 Å². The number of aryl methyl sites for hydroxylation is 1. The molecular weight excluding hydrogens is 422 g/mol. The average Bonchev–Trinajstić information content (AvgIpc) is 3.43. The topological polar surface area (TPSA) is 44.5 Å². The van der Waals surface area contributed by atoms with Crippen molar-refractivity contribution in [2.45, 2.75) is 64.0 Å². The second-order valence-electron chi connectivity index (χ2n) is 9.81. The third-order valence-electron chi connectivity index (χ3n) is 7.76. The Bertz CT molecular complexity index is 1000. The van der Waals surface area contributed by atoms with E-state index in [0.29, 0.717) is 11.6 Å². The number of benzene rings is 1. The van der Waals surface area contributed by atoms with Gasteiger partial charge in [-0.15, -0.1) is 0 Å². The minimum Gasteiger partial charge on any atom is -0.393 e. The highest BCUT2D eigenvalue weighted by atomic mass is 19.2. The lowest BCUT2D eigenvalue weighted by atomic mass is 9.93. The zero-order valence-electron chi connectivity index (χ0n) is 19.3. The number of aromatic nitrogens is 2. The number of halogens is 2. The van der Waals surface area contributed by atoms with Gasteiger partial charge in [-0.2, -0.15) is 5.10 Å². The zero-order chi connectivity index (χ0) is 22.9. The van der Waals surface area contributed by atoms with E-state index in [4.69, 9.17) is 5.10 Å². The predicted octanol–water partition coefficient (Wildman–Crippen LogP) is 4.38. The van der Waals surface area contributed by atoms with E-state index >= 15 is 0 Å².